The predicted octanol–water partition coefficient (Wildman–Crippen LogP) is 0.207. The third-order valence-corrected chi connectivity index (χ3v) is 3.62. The molecule has 2 rings (SSSR count). The Morgan fingerprint density at radius 2 is 1.74 bits per heavy atom. The minimum absolute atomic E-state index is 0.0972. The van der Waals surface area contributed by atoms with Gasteiger partial charge in [-0.1, -0.05) is 0 Å². The molecule has 0 saturated carbocycles. The maximum Gasteiger partial charge on any atom is 0.409 e. The molecule has 2 fully saturated rings. The van der Waals surface area contributed by atoms with Crippen LogP contribution in [0.2, 0.25) is 0 Å². The van der Waals surface area contributed by atoms with Gasteiger partial charge in [0, 0.05) is 44.8 Å². The Morgan fingerprint density at radius 3 is 2.21 bits per heavy atom. The second kappa shape index (κ2) is 6.06. The zero-order valence-electron chi connectivity index (χ0n) is 11.6. The number of rotatable bonds is 2. The first-order valence-electron chi connectivity index (χ1n) is 6.73. The Labute approximate surface area is 113 Å². The van der Waals surface area contributed by atoms with Gasteiger partial charge in [0.15, 0.2) is 0 Å². The first-order valence-corrected chi connectivity index (χ1v) is 6.73. The molecule has 2 heterocycles. The van der Waals surface area contributed by atoms with E-state index >= 15 is 0 Å². The van der Waals surface area contributed by atoms with Crippen molar-refractivity contribution in [1.29, 1.82) is 0 Å². The lowest BCUT2D eigenvalue weighted by Crippen LogP contribution is -2.51. The number of nitrogens with zero attached hydrogens (tertiary/aromatic N) is 2. The van der Waals surface area contributed by atoms with E-state index in [2.05, 4.69) is 5.32 Å². The minimum Gasteiger partial charge on any atom is -0.450 e. The average Bonchev–Trinajstić information content (AvgIpc) is 2.36. The minimum atomic E-state index is -0.284. The lowest BCUT2D eigenvalue weighted by atomic mass is 10.0. The van der Waals surface area contributed by atoms with E-state index in [1.54, 1.807) is 11.8 Å². The highest BCUT2D eigenvalue weighted by Crippen LogP contribution is 2.14. The molecular weight excluding hydrogens is 246 g/mol. The van der Waals surface area contributed by atoms with Gasteiger partial charge in [-0.3, -0.25) is 4.79 Å². The van der Waals surface area contributed by atoms with Crippen LogP contribution in [-0.4, -0.2) is 67.7 Å². The van der Waals surface area contributed by atoms with Crippen LogP contribution in [0.1, 0.15) is 13.8 Å². The SMILES string of the molecule is CCOC(=O)N1CCN(C(=O)C(C)=C2CNC2)CC1. The van der Waals surface area contributed by atoms with Crippen LogP contribution in [0.4, 0.5) is 4.79 Å². The number of hydrogen-bond donors (Lipinski definition) is 1. The lowest BCUT2D eigenvalue weighted by Gasteiger charge is -2.35. The van der Waals surface area contributed by atoms with Crippen LogP contribution < -0.4 is 5.32 Å². The molecule has 2 amide bonds. The van der Waals surface area contributed by atoms with E-state index in [9.17, 15) is 9.59 Å². The molecule has 6 nitrogen and oxygen atoms in total. The highest BCUT2D eigenvalue weighted by molar-refractivity contribution is 5.94. The second-order valence-corrected chi connectivity index (χ2v) is 4.81. The summed E-state index contributed by atoms with van der Waals surface area (Å²) in [6.45, 7) is 7.95. The van der Waals surface area contributed by atoms with E-state index < -0.39 is 0 Å². The van der Waals surface area contributed by atoms with Gasteiger partial charge in [-0.05, 0) is 19.4 Å². The quantitative estimate of drug-likeness (QED) is 0.726. The zero-order valence-corrected chi connectivity index (χ0v) is 11.6. The van der Waals surface area contributed by atoms with Crippen molar-refractivity contribution in [1.82, 2.24) is 15.1 Å². The number of nitrogens with one attached hydrogen (secondary N) is 1. The summed E-state index contributed by atoms with van der Waals surface area (Å²) in [4.78, 5) is 27.3. The highest BCUT2D eigenvalue weighted by Gasteiger charge is 2.27. The molecule has 0 aliphatic carbocycles. The molecule has 0 aromatic heterocycles. The van der Waals surface area contributed by atoms with Crippen LogP contribution in [-0.2, 0) is 9.53 Å². The van der Waals surface area contributed by atoms with E-state index in [-0.39, 0.29) is 12.0 Å². The number of amides is 2. The molecular formula is C13H21N3O3. The summed E-state index contributed by atoms with van der Waals surface area (Å²) in [5.41, 5.74) is 2.04. The molecule has 0 aromatic rings. The second-order valence-electron chi connectivity index (χ2n) is 4.81. The predicted molar refractivity (Wildman–Crippen MR) is 70.7 cm³/mol. The van der Waals surface area contributed by atoms with Gasteiger partial charge < -0.3 is 19.9 Å². The van der Waals surface area contributed by atoms with Crippen LogP contribution in [0.3, 0.4) is 0 Å². The largest absolute Gasteiger partial charge is 0.450 e. The van der Waals surface area contributed by atoms with Gasteiger partial charge in [-0.15, -0.1) is 0 Å². The van der Waals surface area contributed by atoms with Crippen molar-refractivity contribution in [2.75, 3.05) is 45.9 Å². The summed E-state index contributed by atoms with van der Waals surface area (Å²) in [6, 6.07) is 0. The van der Waals surface area contributed by atoms with Crippen LogP contribution in [0.25, 0.3) is 0 Å². The fourth-order valence-corrected chi connectivity index (χ4v) is 2.21. The van der Waals surface area contributed by atoms with E-state index in [4.69, 9.17) is 4.74 Å². The molecule has 2 saturated heterocycles. The van der Waals surface area contributed by atoms with Crippen LogP contribution in [0, 0.1) is 0 Å². The molecule has 0 atom stereocenters. The molecule has 106 valence electrons. The van der Waals surface area contributed by atoms with Gasteiger partial charge in [0.05, 0.1) is 6.61 Å². The van der Waals surface area contributed by atoms with E-state index in [0.29, 0.717) is 32.8 Å². The Balaban J connectivity index is 1.86. The van der Waals surface area contributed by atoms with E-state index in [0.717, 1.165) is 18.7 Å². The summed E-state index contributed by atoms with van der Waals surface area (Å²) in [6.07, 6.45) is -0.284. The molecule has 0 radical (unpaired) electrons. The lowest BCUT2D eigenvalue weighted by molar-refractivity contribution is -0.128. The van der Waals surface area contributed by atoms with Gasteiger partial charge in [0.2, 0.25) is 5.91 Å². The first kappa shape index (κ1) is 13.9. The van der Waals surface area contributed by atoms with Crippen molar-refractivity contribution in [3.8, 4) is 0 Å². The fourth-order valence-electron chi connectivity index (χ4n) is 2.21. The Kier molecular flexibility index (Phi) is 4.42. The van der Waals surface area contributed by atoms with Crippen LogP contribution >= 0.6 is 0 Å². The first-order chi connectivity index (χ1) is 9.13. The van der Waals surface area contributed by atoms with Gasteiger partial charge >= 0.3 is 6.09 Å². The summed E-state index contributed by atoms with van der Waals surface area (Å²) >= 11 is 0. The summed E-state index contributed by atoms with van der Waals surface area (Å²) in [5.74, 6) is 0.0972. The number of carbonyl (C=O) groups excluding carboxylic acids is 2. The van der Waals surface area contributed by atoms with Gasteiger partial charge in [-0.2, -0.15) is 0 Å². The summed E-state index contributed by atoms with van der Waals surface area (Å²) < 4.78 is 4.96. The molecule has 0 spiro atoms. The molecule has 2 aliphatic rings. The monoisotopic (exact) mass is 267 g/mol. The van der Waals surface area contributed by atoms with E-state index in [1.807, 2.05) is 11.8 Å². The third-order valence-electron chi connectivity index (χ3n) is 3.62. The molecule has 0 bridgehead atoms. The zero-order chi connectivity index (χ0) is 13.8. The molecule has 19 heavy (non-hydrogen) atoms. The number of ether oxygens (including phenoxy) is 1. The number of carbonyl (C=O) groups is 2. The summed E-state index contributed by atoms with van der Waals surface area (Å²) in [7, 11) is 0. The molecule has 0 unspecified atom stereocenters. The van der Waals surface area contributed by atoms with Crippen molar-refractivity contribution in [2.24, 2.45) is 0 Å². The number of piperazine rings is 1. The normalized spacial score (nSPS) is 18.9. The topological polar surface area (TPSA) is 61.9 Å². The highest BCUT2D eigenvalue weighted by atomic mass is 16.6. The number of hydrogen-bond acceptors (Lipinski definition) is 4. The maximum atomic E-state index is 12.2. The smallest absolute Gasteiger partial charge is 0.409 e. The summed E-state index contributed by atoms with van der Waals surface area (Å²) in [5, 5.41) is 3.14. The molecule has 1 N–H and O–H groups in total. The van der Waals surface area contributed by atoms with E-state index in [1.165, 1.54) is 5.57 Å². The van der Waals surface area contributed by atoms with Gasteiger partial charge in [0.25, 0.3) is 0 Å². The maximum absolute atomic E-state index is 12.2. The van der Waals surface area contributed by atoms with Crippen molar-refractivity contribution in [3.05, 3.63) is 11.1 Å². The fraction of sp³-hybridized carbons (Fsp3) is 0.692. The van der Waals surface area contributed by atoms with Crippen molar-refractivity contribution < 1.29 is 14.3 Å². The van der Waals surface area contributed by atoms with Crippen LogP contribution in [0.5, 0.6) is 0 Å². The molecule has 0 aromatic carbocycles. The Bertz CT molecular complexity index is 392. The van der Waals surface area contributed by atoms with Crippen molar-refractivity contribution in [2.45, 2.75) is 13.8 Å². The van der Waals surface area contributed by atoms with Gasteiger partial charge in [0.1, 0.15) is 0 Å². The van der Waals surface area contributed by atoms with Crippen molar-refractivity contribution >= 4 is 12.0 Å². The van der Waals surface area contributed by atoms with Crippen LogP contribution in [0.15, 0.2) is 11.1 Å². The molecule has 2 aliphatic heterocycles. The Morgan fingerprint density at radius 1 is 1.16 bits per heavy atom. The van der Waals surface area contributed by atoms with Gasteiger partial charge in [-0.25, -0.2) is 4.79 Å². The Hall–Kier alpha value is -1.56. The third kappa shape index (κ3) is 3.07. The molecule has 6 heteroatoms. The standard InChI is InChI=1S/C13H21N3O3/c1-3-19-13(18)16-6-4-15(5-7-16)12(17)10(2)11-8-14-9-11/h14H,3-9H2,1-2H3. The van der Waals surface area contributed by atoms with Crippen molar-refractivity contribution in [3.63, 3.8) is 0 Å². The average molecular weight is 267 g/mol.